The third kappa shape index (κ3) is 7.21. The molecule has 1 aliphatic rings. The van der Waals surface area contributed by atoms with Crippen LogP contribution in [0.5, 0.6) is 11.5 Å². The Bertz CT molecular complexity index is 1250. The van der Waals surface area contributed by atoms with Gasteiger partial charge < -0.3 is 19.7 Å². The lowest BCUT2D eigenvalue weighted by Gasteiger charge is -2.32. The van der Waals surface area contributed by atoms with Crippen LogP contribution in [0.4, 0.5) is 5.69 Å². The number of ether oxygens (including phenoxy) is 2. The van der Waals surface area contributed by atoms with Gasteiger partial charge in [-0.2, -0.15) is 0 Å². The lowest BCUT2D eigenvalue weighted by Crippen LogP contribution is -2.51. The van der Waals surface area contributed by atoms with Crippen LogP contribution in [0.15, 0.2) is 36.4 Å². The van der Waals surface area contributed by atoms with Gasteiger partial charge in [0.2, 0.25) is 28.6 Å². The molecule has 0 fully saturated rings. The number of nitrogens with zero attached hydrogens (tertiary/aromatic N) is 2. The minimum absolute atomic E-state index is 0.0210. The fourth-order valence-corrected chi connectivity index (χ4v) is 5.00. The Morgan fingerprint density at radius 3 is 2.38 bits per heavy atom. The van der Waals surface area contributed by atoms with E-state index in [-0.39, 0.29) is 36.6 Å². The first-order chi connectivity index (χ1) is 17.4. The van der Waals surface area contributed by atoms with Crippen molar-refractivity contribution in [3.63, 3.8) is 0 Å². The Morgan fingerprint density at radius 2 is 1.73 bits per heavy atom. The third-order valence-electron chi connectivity index (χ3n) is 5.81. The van der Waals surface area contributed by atoms with Crippen molar-refractivity contribution in [2.75, 3.05) is 29.9 Å². The SMILES string of the molecule is CCS(=O)(=O)N(CC(=O)N(Cc1ccc(Cl)c(Cl)c1)[C@H](C)C(=O)NCC(C)C)c1ccc2c(c1)OCO2. The second-order valence-electron chi connectivity index (χ2n) is 9.03. The average Bonchev–Trinajstić information content (AvgIpc) is 3.33. The molecule has 1 heterocycles. The van der Waals surface area contributed by atoms with Crippen molar-refractivity contribution >= 4 is 50.7 Å². The van der Waals surface area contributed by atoms with Crippen molar-refractivity contribution in [2.24, 2.45) is 5.92 Å². The monoisotopic (exact) mass is 571 g/mol. The molecule has 2 aromatic rings. The fraction of sp³-hybridized carbons (Fsp3) is 0.440. The maximum absolute atomic E-state index is 13.7. The summed E-state index contributed by atoms with van der Waals surface area (Å²) < 4.78 is 37.8. The normalized spacial score (nSPS) is 13.4. The zero-order chi connectivity index (χ0) is 27.3. The van der Waals surface area contributed by atoms with Crippen LogP contribution in [-0.4, -0.2) is 56.8 Å². The number of sulfonamides is 1. The van der Waals surface area contributed by atoms with Gasteiger partial charge in [-0.25, -0.2) is 8.42 Å². The highest BCUT2D eigenvalue weighted by molar-refractivity contribution is 7.92. The van der Waals surface area contributed by atoms with Crippen molar-refractivity contribution < 1.29 is 27.5 Å². The Hall–Kier alpha value is -2.69. The molecule has 1 aliphatic heterocycles. The van der Waals surface area contributed by atoms with E-state index in [1.54, 1.807) is 37.3 Å². The molecule has 37 heavy (non-hydrogen) atoms. The van der Waals surface area contributed by atoms with Gasteiger partial charge in [-0.15, -0.1) is 0 Å². The highest BCUT2D eigenvalue weighted by Crippen LogP contribution is 2.36. The van der Waals surface area contributed by atoms with Gasteiger partial charge in [0.25, 0.3) is 0 Å². The first-order valence-electron chi connectivity index (χ1n) is 11.8. The molecule has 0 saturated carbocycles. The summed E-state index contributed by atoms with van der Waals surface area (Å²) in [6.07, 6.45) is 0. The maximum atomic E-state index is 13.7. The average molecular weight is 573 g/mol. The summed E-state index contributed by atoms with van der Waals surface area (Å²) >= 11 is 12.2. The molecule has 0 aliphatic carbocycles. The summed E-state index contributed by atoms with van der Waals surface area (Å²) in [5.41, 5.74) is 0.894. The van der Waals surface area contributed by atoms with E-state index >= 15 is 0 Å². The largest absolute Gasteiger partial charge is 0.454 e. The number of fused-ring (bicyclic) bond motifs is 1. The van der Waals surface area contributed by atoms with Gasteiger partial charge in [0.15, 0.2) is 11.5 Å². The van der Waals surface area contributed by atoms with Crippen LogP contribution in [0, 0.1) is 5.92 Å². The van der Waals surface area contributed by atoms with Crippen molar-refractivity contribution in [1.29, 1.82) is 0 Å². The molecule has 0 spiro atoms. The van der Waals surface area contributed by atoms with E-state index in [2.05, 4.69) is 5.32 Å². The van der Waals surface area contributed by atoms with Crippen LogP contribution in [-0.2, 0) is 26.2 Å². The molecular formula is C25H31Cl2N3O6S. The molecular weight excluding hydrogens is 541 g/mol. The van der Waals surface area contributed by atoms with Gasteiger partial charge in [0.1, 0.15) is 12.6 Å². The van der Waals surface area contributed by atoms with E-state index < -0.39 is 28.5 Å². The molecule has 3 rings (SSSR count). The molecule has 2 aromatic carbocycles. The van der Waals surface area contributed by atoms with Crippen LogP contribution in [0.3, 0.4) is 0 Å². The Kier molecular flexibility index (Phi) is 9.55. The van der Waals surface area contributed by atoms with Gasteiger partial charge in [-0.3, -0.25) is 13.9 Å². The molecule has 0 radical (unpaired) electrons. The Balaban J connectivity index is 1.94. The molecule has 202 valence electrons. The molecule has 0 unspecified atom stereocenters. The minimum Gasteiger partial charge on any atom is -0.454 e. The zero-order valence-electron chi connectivity index (χ0n) is 21.2. The van der Waals surface area contributed by atoms with Crippen molar-refractivity contribution in [3.05, 3.63) is 52.0 Å². The van der Waals surface area contributed by atoms with E-state index in [4.69, 9.17) is 32.7 Å². The summed E-state index contributed by atoms with van der Waals surface area (Å²) in [6.45, 7) is 6.99. The number of carbonyl (C=O) groups excluding carboxylic acids is 2. The molecule has 12 heteroatoms. The van der Waals surface area contributed by atoms with Crippen LogP contribution in [0.2, 0.25) is 10.0 Å². The van der Waals surface area contributed by atoms with E-state index in [0.29, 0.717) is 33.7 Å². The number of anilines is 1. The lowest BCUT2D eigenvalue weighted by molar-refractivity contribution is -0.139. The number of rotatable bonds is 11. The number of hydrogen-bond donors (Lipinski definition) is 1. The van der Waals surface area contributed by atoms with Gasteiger partial charge >= 0.3 is 0 Å². The second-order valence-corrected chi connectivity index (χ2v) is 12.0. The molecule has 0 saturated heterocycles. The van der Waals surface area contributed by atoms with E-state index in [0.717, 1.165) is 4.31 Å². The van der Waals surface area contributed by atoms with Gasteiger partial charge in [-0.1, -0.05) is 43.1 Å². The fourth-order valence-electron chi connectivity index (χ4n) is 3.63. The Morgan fingerprint density at radius 1 is 1.03 bits per heavy atom. The van der Waals surface area contributed by atoms with Gasteiger partial charge in [-0.05, 0) is 49.6 Å². The van der Waals surface area contributed by atoms with Crippen LogP contribution in [0.1, 0.15) is 33.3 Å². The van der Waals surface area contributed by atoms with E-state index in [1.807, 2.05) is 13.8 Å². The Labute approximate surface area is 227 Å². The van der Waals surface area contributed by atoms with Crippen LogP contribution in [0.25, 0.3) is 0 Å². The van der Waals surface area contributed by atoms with Crippen LogP contribution >= 0.6 is 23.2 Å². The number of amides is 2. The number of carbonyl (C=O) groups is 2. The summed E-state index contributed by atoms with van der Waals surface area (Å²) in [6, 6.07) is 8.69. The number of benzene rings is 2. The molecule has 9 nitrogen and oxygen atoms in total. The topological polar surface area (TPSA) is 105 Å². The van der Waals surface area contributed by atoms with E-state index in [9.17, 15) is 18.0 Å². The first kappa shape index (κ1) is 28.9. The molecule has 0 bridgehead atoms. The molecule has 1 atom stereocenters. The van der Waals surface area contributed by atoms with Crippen LogP contribution < -0.4 is 19.1 Å². The third-order valence-corrected chi connectivity index (χ3v) is 8.29. The predicted molar refractivity (Wildman–Crippen MR) is 144 cm³/mol. The van der Waals surface area contributed by atoms with Gasteiger partial charge in [0, 0.05) is 19.2 Å². The quantitative estimate of drug-likeness (QED) is 0.436. The predicted octanol–water partition coefficient (Wildman–Crippen LogP) is 4.07. The van der Waals surface area contributed by atoms with E-state index in [1.165, 1.54) is 17.9 Å². The summed E-state index contributed by atoms with van der Waals surface area (Å²) in [5, 5.41) is 3.50. The van der Waals surface area contributed by atoms with Gasteiger partial charge in [0.05, 0.1) is 21.5 Å². The van der Waals surface area contributed by atoms with Crippen molar-refractivity contribution in [3.8, 4) is 11.5 Å². The number of halogens is 2. The number of nitrogens with one attached hydrogen (secondary N) is 1. The van der Waals surface area contributed by atoms with Crippen molar-refractivity contribution in [1.82, 2.24) is 10.2 Å². The van der Waals surface area contributed by atoms with Crippen molar-refractivity contribution in [2.45, 2.75) is 40.3 Å². The molecule has 1 N–H and O–H groups in total. The maximum Gasteiger partial charge on any atom is 0.244 e. The molecule has 2 amide bonds. The summed E-state index contributed by atoms with van der Waals surface area (Å²) in [7, 11) is -3.86. The lowest BCUT2D eigenvalue weighted by atomic mass is 10.1. The molecule has 0 aromatic heterocycles. The smallest absolute Gasteiger partial charge is 0.244 e. The summed E-state index contributed by atoms with van der Waals surface area (Å²) in [5.74, 6) is -0.0584. The highest BCUT2D eigenvalue weighted by atomic mass is 35.5. The number of hydrogen-bond acceptors (Lipinski definition) is 6. The first-order valence-corrected chi connectivity index (χ1v) is 14.2. The highest BCUT2D eigenvalue weighted by Gasteiger charge is 2.32. The standard InChI is InChI=1S/C25H31Cl2N3O6S/c1-5-37(33,34)30(19-7-9-22-23(11-19)36-15-35-22)14-24(31)29(17(4)25(32)28-12-16(2)3)13-18-6-8-20(26)21(27)10-18/h6-11,16-17H,5,12-15H2,1-4H3,(H,28,32)/t17-/m1/s1. The minimum atomic E-state index is -3.86. The summed E-state index contributed by atoms with van der Waals surface area (Å²) in [4.78, 5) is 27.9. The second kappa shape index (κ2) is 12.2. The zero-order valence-corrected chi connectivity index (χ0v) is 23.5.